The summed E-state index contributed by atoms with van der Waals surface area (Å²) in [6.45, 7) is 9.72. The molecule has 1 N–H and O–H groups in total. The molecule has 0 aromatic heterocycles. The topological polar surface area (TPSA) is 112 Å². The molecule has 5 nitrogen and oxygen atoms in total. The van der Waals surface area contributed by atoms with E-state index in [1.54, 1.807) is 41.5 Å². The zero-order chi connectivity index (χ0) is 14.4. The second kappa shape index (κ2) is 70.4. The number of aliphatic hydroxyl groups excluding tert-OH is 1. The van der Waals surface area contributed by atoms with Gasteiger partial charge < -0.3 is 25.5 Å². The van der Waals surface area contributed by atoms with Gasteiger partial charge in [0.1, 0.15) is 0 Å². The zero-order valence-electron chi connectivity index (χ0n) is 12.0. The van der Waals surface area contributed by atoms with E-state index in [2.05, 4.69) is 0 Å². The number of rotatable bonds is 0. The minimum absolute atomic E-state index is 0. The van der Waals surface area contributed by atoms with Crippen molar-refractivity contribution in [2.24, 2.45) is 0 Å². The Labute approximate surface area is 121 Å². The van der Waals surface area contributed by atoms with Crippen molar-refractivity contribution < 1.29 is 47.3 Å². The molecule has 0 saturated heterocycles. The van der Waals surface area contributed by atoms with Gasteiger partial charge in [0.15, 0.2) is 0 Å². The van der Waals surface area contributed by atoms with Gasteiger partial charge >= 0.3 is 21.7 Å². The molecule has 0 aromatic carbocycles. The molecule has 0 amide bonds. The van der Waals surface area contributed by atoms with Crippen LogP contribution in [0.5, 0.6) is 0 Å². The Morgan fingerprint density at radius 1 is 0.706 bits per heavy atom. The summed E-state index contributed by atoms with van der Waals surface area (Å²) in [6, 6.07) is 0. The fourth-order valence-corrected chi connectivity index (χ4v) is 0. The van der Waals surface area contributed by atoms with Crippen LogP contribution in [0, 0.1) is 0 Å². The van der Waals surface area contributed by atoms with Gasteiger partial charge in [0, 0.05) is 6.10 Å². The van der Waals surface area contributed by atoms with Gasteiger partial charge in [-0.15, -0.1) is 26.4 Å². The van der Waals surface area contributed by atoms with E-state index in [0.29, 0.717) is 0 Å². The molecule has 0 fully saturated rings. The van der Waals surface area contributed by atoms with Crippen LogP contribution in [0.15, 0.2) is 0 Å². The Hall–Kier alpha value is 0.514. The second-order valence-corrected chi connectivity index (χ2v) is 2.25. The summed E-state index contributed by atoms with van der Waals surface area (Å²) >= 11 is 0. The first-order chi connectivity index (χ1) is 7.39. The van der Waals surface area contributed by atoms with Gasteiger partial charge in [-0.2, -0.15) is 0 Å². The molecular formula is C11H28O5Ti. The van der Waals surface area contributed by atoms with E-state index in [1.165, 1.54) is 0 Å². The van der Waals surface area contributed by atoms with Crippen LogP contribution in [-0.4, -0.2) is 37.6 Å². The monoisotopic (exact) mass is 288 g/mol. The maximum Gasteiger partial charge on any atom is 4.00 e. The minimum Gasteiger partial charge on any atom is -0.855 e. The van der Waals surface area contributed by atoms with Gasteiger partial charge in [0.2, 0.25) is 0 Å². The van der Waals surface area contributed by atoms with E-state index >= 15 is 0 Å². The number of hydrogen-bond donors (Lipinski definition) is 1. The Bertz CT molecular complexity index is 46.4. The number of aliphatic hydroxyl groups is 1. The molecule has 17 heavy (non-hydrogen) atoms. The summed E-state index contributed by atoms with van der Waals surface area (Å²) in [5.74, 6) is 0. The van der Waals surface area contributed by atoms with Crippen molar-refractivity contribution in [1.29, 1.82) is 0 Å². The predicted molar refractivity (Wildman–Crippen MR) is 59.5 cm³/mol. The number of hydrogen-bond acceptors (Lipinski definition) is 5. The fraction of sp³-hybridized carbons (Fsp3) is 1.00. The third-order valence-corrected chi connectivity index (χ3v) is 0. The SMILES string of the molecule is CC(C)O.CC[O-].CC[O-].CC[O-].CC[O-].[Ti+4]. The van der Waals surface area contributed by atoms with E-state index in [4.69, 9.17) is 25.5 Å². The Morgan fingerprint density at radius 2 is 0.706 bits per heavy atom. The van der Waals surface area contributed by atoms with Gasteiger partial charge in [-0.3, -0.25) is 0 Å². The summed E-state index contributed by atoms with van der Waals surface area (Å²) in [5, 5.41) is 43.8. The molecule has 0 bridgehead atoms. The summed E-state index contributed by atoms with van der Waals surface area (Å²) in [7, 11) is 0. The molecular weight excluding hydrogens is 260 g/mol. The normalized spacial score (nSPS) is 6.35. The van der Waals surface area contributed by atoms with Crippen molar-refractivity contribution >= 4 is 0 Å². The first kappa shape index (κ1) is 36.0. The van der Waals surface area contributed by atoms with Gasteiger partial charge in [-0.1, -0.05) is 27.7 Å². The van der Waals surface area contributed by atoms with Gasteiger partial charge in [-0.25, -0.2) is 0 Å². The molecule has 6 heteroatoms. The van der Waals surface area contributed by atoms with Crippen LogP contribution in [0.3, 0.4) is 0 Å². The summed E-state index contributed by atoms with van der Waals surface area (Å²) in [5.41, 5.74) is 0. The van der Waals surface area contributed by atoms with E-state index in [0.717, 1.165) is 0 Å². The van der Waals surface area contributed by atoms with Crippen LogP contribution in [0.25, 0.3) is 0 Å². The van der Waals surface area contributed by atoms with Crippen molar-refractivity contribution in [3.05, 3.63) is 0 Å². The van der Waals surface area contributed by atoms with Crippen LogP contribution < -0.4 is 20.4 Å². The van der Waals surface area contributed by atoms with Crippen molar-refractivity contribution in [2.75, 3.05) is 26.4 Å². The van der Waals surface area contributed by atoms with Crippen molar-refractivity contribution in [3.8, 4) is 0 Å². The molecule has 0 aromatic rings. The third-order valence-electron chi connectivity index (χ3n) is 0. The van der Waals surface area contributed by atoms with Crippen LogP contribution in [0.4, 0.5) is 0 Å². The smallest absolute Gasteiger partial charge is 0.855 e. The molecule has 0 aliphatic rings. The molecule has 0 spiro atoms. The maximum absolute atomic E-state index is 8.93. The fourth-order valence-electron chi connectivity index (χ4n) is 0. The molecule has 106 valence electrons. The molecule has 0 atom stereocenters. The average Bonchev–Trinajstić information content (AvgIpc) is 2.06. The predicted octanol–water partition coefficient (Wildman–Crippen LogP) is -2.15. The van der Waals surface area contributed by atoms with E-state index in [-0.39, 0.29) is 54.2 Å². The Balaban J connectivity index is -0.0000000221. The van der Waals surface area contributed by atoms with Crippen LogP contribution in [-0.2, 0) is 21.7 Å². The average molecular weight is 288 g/mol. The Kier molecular flexibility index (Phi) is 149. The third kappa shape index (κ3) is 13200. The van der Waals surface area contributed by atoms with Crippen molar-refractivity contribution in [1.82, 2.24) is 0 Å². The largest absolute Gasteiger partial charge is 4.00 e. The second-order valence-electron chi connectivity index (χ2n) is 2.25. The van der Waals surface area contributed by atoms with Crippen molar-refractivity contribution in [3.63, 3.8) is 0 Å². The van der Waals surface area contributed by atoms with E-state index in [9.17, 15) is 0 Å². The molecule has 0 heterocycles. The first-order valence-corrected chi connectivity index (χ1v) is 5.40. The molecule has 0 aliphatic carbocycles. The van der Waals surface area contributed by atoms with Crippen molar-refractivity contribution in [2.45, 2.75) is 47.6 Å². The van der Waals surface area contributed by atoms with Crippen LogP contribution in [0.2, 0.25) is 0 Å². The standard InChI is InChI=1S/C3H8O.4C2H5O.Ti/c1-3(2)4;4*1-2-3;/h3-4H,1-2H3;4*2H2,1H3;/q;4*-1;+4. The summed E-state index contributed by atoms with van der Waals surface area (Å²) < 4.78 is 0. The van der Waals surface area contributed by atoms with E-state index < -0.39 is 0 Å². The van der Waals surface area contributed by atoms with Gasteiger partial charge in [-0.05, 0) is 13.8 Å². The van der Waals surface area contributed by atoms with Crippen LogP contribution in [0.1, 0.15) is 41.5 Å². The molecule has 0 rings (SSSR count). The summed E-state index contributed by atoms with van der Waals surface area (Å²) in [4.78, 5) is 0. The first-order valence-electron chi connectivity index (χ1n) is 5.40. The summed E-state index contributed by atoms with van der Waals surface area (Å²) in [6.07, 6.45) is -0.167. The maximum atomic E-state index is 8.93. The van der Waals surface area contributed by atoms with E-state index in [1.807, 2.05) is 0 Å². The quantitative estimate of drug-likeness (QED) is 0.511. The van der Waals surface area contributed by atoms with Crippen LogP contribution >= 0.6 is 0 Å². The zero-order valence-corrected chi connectivity index (χ0v) is 13.5. The molecule has 0 unspecified atom stereocenters. The minimum atomic E-state index is -0.167. The molecule has 0 radical (unpaired) electrons. The van der Waals surface area contributed by atoms with Gasteiger partial charge in [0.05, 0.1) is 0 Å². The Morgan fingerprint density at radius 3 is 0.706 bits per heavy atom. The van der Waals surface area contributed by atoms with Gasteiger partial charge in [0.25, 0.3) is 0 Å². The molecule has 0 saturated carbocycles. The molecule has 0 aliphatic heterocycles.